The van der Waals surface area contributed by atoms with E-state index in [2.05, 4.69) is 15.6 Å². The number of hydrogen-bond acceptors (Lipinski definition) is 7. The van der Waals surface area contributed by atoms with Crippen LogP contribution in [0.3, 0.4) is 0 Å². The molecule has 2 aliphatic heterocycles. The van der Waals surface area contributed by atoms with Crippen LogP contribution in [0.5, 0.6) is 11.5 Å². The van der Waals surface area contributed by atoms with Crippen molar-refractivity contribution >= 4 is 47.0 Å². The topological polar surface area (TPSA) is 152 Å². The van der Waals surface area contributed by atoms with E-state index < -0.39 is 5.97 Å². The number of hydrogen-bond donors (Lipinski definition) is 3. The van der Waals surface area contributed by atoms with Crippen LogP contribution in [0, 0.1) is 0 Å². The summed E-state index contributed by atoms with van der Waals surface area (Å²) in [5, 5.41) is 14.3. The van der Waals surface area contributed by atoms with Crippen molar-refractivity contribution in [1.82, 2.24) is 9.88 Å². The molecule has 3 amide bonds. The van der Waals surface area contributed by atoms with E-state index in [-0.39, 0.29) is 49.8 Å². The molecule has 3 aromatic carbocycles. The number of aromatic nitrogens is 1. The molecule has 12 heteroatoms. The highest BCUT2D eigenvalue weighted by Gasteiger charge is 2.36. The van der Waals surface area contributed by atoms with Gasteiger partial charge in [0.2, 0.25) is 5.91 Å². The van der Waals surface area contributed by atoms with Crippen LogP contribution in [0.1, 0.15) is 45.7 Å². The summed E-state index contributed by atoms with van der Waals surface area (Å²) in [4.78, 5) is 55.8. The zero-order chi connectivity index (χ0) is 33.8. The number of rotatable bonds is 12. The van der Waals surface area contributed by atoms with Crippen molar-refractivity contribution in [3.05, 3.63) is 89.7 Å². The second-order valence-electron chi connectivity index (χ2n) is 11.6. The zero-order valence-electron chi connectivity index (χ0n) is 26.6. The number of para-hydroxylation sites is 1. The molecule has 246 valence electrons. The molecular formula is C36H35N5O7. The molecule has 0 saturated heterocycles. The molecule has 12 nitrogen and oxygen atoms in total. The standard InChI is InChI=1S/C36H35N5O7/c1-40-21-24(17-30(40)35(45)37-14-13-34(43)44)22-9-11-25(12-10-22)39-33(42)8-5-15-48-32-19-28-27(18-31(32)47-2)36(46)41-26(20-38-28)16-23-6-3-4-7-29(23)41/h3-4,6-7,9-12,17-21,26H,5,8,13-16H2,1-2H3,(H,37,45)(H,39,42)(H,43,44). The third kappa shape index (κ3) is 6.77. The van der Waals surface area contributed by atoms with Crippen molar-refractivity contribution in [2.45, 2.75) is 31.7 Å². The SMILES string of the molecule is COc1cc2c(cc1OCCCC(=O)Nc1ccc(-c3cc(C(=O)NCCC(=O)O)n(C)c3)cc1)N=CC1Cc3ccccc3N1C2=O. The normalized spacial score (nSPS) is 14.4. The summed E-state index contributed by atoms with van der Waals surface area (Å²) in [5.74, 6) is -0.783. The van der Waals surface area contributed by atoms with E-state index in [1.165, 1.54) is 7.11 Å². The zero-order valence-corrected chi connectivity index (χ0v) is 26.6. The van der Waals surface area contributed by atoms with Gasteiger partial charge in [0.15, 0.2) is 11.5 Å². The fourth-order valence-corrected chi connectivity index (χ4v) is 5.89. The van der Waals surface area contributed by atoms with E-state index in [1.54, 1.807) is 53.1 Å². The van der Waals surface area contributed by atoms with Crippen molar-refractivity contribution in [3.63, 3.8) is 0 Å². The van der Waals surface area contributed by atoms with E-state index >= 15 is 0 Å². The summed E-state index contributed by atoms with van der Waals surface area (Å²) in [7, 11) is 3.26. The Labute approximate surface area is 277 Å². The molecular weight excluding hydrogens is 614 g/mol. The third-order valence-corrected chi connectivity index (χ3v) is 8.30. The Hall–Kier alpha value is -5.91. The van der Waals surface area contributed by atoms with Crippen LogP contribution in [0.25, 0.3) is 11.1 Å². The average molecular weight is 650 g/mol. The predicted octanol–water partition coefficient (Wildman–Crippen LogP) is 4.99. The highest BCUT2D eigenvalue weighted by atomic mass is 16.5. The van der Waals surface area contributed by atoms with E-state index in [4.69, 9.17) is 14.6 Å². The van der Waals surface area contributed by atoms with Gasteiger partial charge >= 0.3 is 5.97 Å². The number of aryl methyl sites for hydroxylation is 1. The number of aliphatic carboxylic acids is 1. The molecule has 48 heavy (non-hydrogen) atoms. The molecule has 0 fully saturated rings. The van der Waals surface area contributed by atoms with Crippen LogP contribution in [-0.4, -0.2) is 65.9 Å². The van der Waals surface area contributed by atoms with Gasteiger partial charge in [-0.05, 0) is 47.9 Å². The van der Waals surface area contributed by atoms with Crippen molar-refractivity contribution in [3.8, 4) is 22.6 Å². The number of carboxylic acids is 1. The first kappa shape index (κ1) is 32.0. The first-order valence-electron chi connectivity index (χ1n) is 15.6. The Morgan fingerprint density at radius 2 is 1.79 bits per heavy atom. The second kappa shape index (κ2) is 13.8. The number of benzene rings is 3. The molecule has 0 saturated carbocycles. The van der Waals surface area contributed by atoms with Crippen LogP contribution in [0.2, 0.25) is 0 Å². The fourth-order valence-electron chi connectivity index (χ4n) is 5.89. The molecule has 1 aromatic heterocycles. The predicted molar refractivity (Wildman–Crippen MR) is 181 cm³/mol. The molecule has 3 heterocycles. The number of aliphatic imine (C=N–C) groups is 1. The van der Waals surface area contributed by atoms with E-state index in [1.807, 2.05) is 42.6 Å². The summed E-state index contributed by atoms with van der Waals surface area (Å²) >= 11 is 0. The monoisotopic (exact) mass is 649 g/mol. The number of nitrogens with one attached hydrogen (secondary N) is 2. The second-order valence-corrected chi connectivity index (χ2v) is 11.6. The molecule has 0 spiro atoms. The van der Waals surface area contributed by atoms with E-state index in [9.17, 15) is 19.2 Å². The van der Waals surface area contributed by atoms with Crippen LogP contribution in [0.15, 0.2) is 77.9 Å². The van der Waals surface area contributed by atoms with Gasteiger partial charge < -0.3 is 29.8 Å². The lowest BCUT2D eigenvalue weighted by Gasteiger charge is -2.22. The van der Waals surface area contributed by atoms with Gasteiger partial charge in [-0.15, -0.1) is 0 Å². The number of carbonyl (C=O) groups is 4. The van der Waals surface area contributed by atoms with E-state index in [0.29, 0.717) is 47.0 Å². The summed E-state index contributed by atoms with van der Waals surface area (Å²) < 4.78 is 13.2. The van der Waals surface area contributed by atoms with Crippen LogP contribution in [-0.2, 0) is 23.1 Å². The van der Waals surface area contributed by atoms with Gasteiger partial charge in [0.1, 0.15) is 5.69 Å². The maximum absolute atomic E-state index is 13.6. The summed E-state index contributed by atoms with van der Waals surface area (Å²) in [6.45, 7) is 0.297. The number of carboxylic acid groups (broad SMARTS) is 1. The number of fused-ring (bicyclic) bond motifs is 4. The first-order chi connectivity index (χ1) is 23.2. The van der Waals surface area contributed by atoms with Gasteiger partial charge in [-0.25, -0.2) is 0 Å². The lowest BCUT2D eigenvalue weighted by molar-refractivity contribution is -0.136. The molecule has 3 N–H and O–H groups in total. The Kier molecular flexibility index (Phi) is 9.24. The Bertz CT molecular complexity index is 1910. The Balaban J connectivity index is 1.01. The maximum Gasteiger partial charge on any atom is 0.305 e. The molecule has 0 bridgehead atoms. The van der Waals surface area contributed by atoms with Crippen LogP contribution in [0.4, 0.5) is 17.1 Å². The van der Waals surface area contributed by atoms with Crippen LogP contribution < -0.4 is 25.0 Å². The number of nitrogens with zero attached hydrogens (tertiary/aromatic N) is 3. The molecule has 0 radical (unpaired) electrons. The highest BCUT2D eigenvalue weighted by molar-refractivity contribution is 6.14. The van der Waals surface area contributed by atoms with Gasteiger partial charge in [-0.3, -0.25) is 29.1 Å². The summed E-state index contributed by atoms with van der Waals surface area (Å²) in [6.07, 6.45) is 4.84. The lowest BCUT2D eigenvalue weighted by Crippen LogP contribution is -2.37. The average Bonchev–Trinajstić information content (AvgIpc) is 3.62. The van der Waals surface area contributed by atoms with Crippen LogP contribution >= 0.6 is 0 Å². The largest absolute Gasteiger partial charge is 0.493 e. The molecule has 1 atom stereocenters. The van der Waals surface area contributed by atoms with Crippen molar-refractivity contribution in [2.75, 3.05) is 30.5 Å². The fraction of sp³-hybridized carbons (Fsp3) is 0.250. The minimum absolute atomic E-state index is 0.0458. The number of amides is 3. The van der Waals surface area contributed by atoms with Gasteiger partial charge in [-0.2, -0.15) is 0 Å². The molecule has 2 aliphatic rings. The minimum atomic E-state index is -0.979. The third-order valence-electron chi connectivity index (χ3n) is 8.30. The van der Waals surface area contributed by atoms with Crippen molar-refractivity contribution < 1.29 is 33.8 Å². The number of carbonyl (C=O) groups excluding carboxylic acids is 3. The molecule has 6 rings (SSSR count). The summed E-state index contributed by atoms with van der Waals surface area (Å²) in [6, 6.07) is 20.1. The van der Waals surface area contributed by atoms with Gasteiger partial charge in [0.25, 0.3) is 11.8 Å². The minimum Gasteiger partial charge on any atom is -0.493 e. The highest BCUT2D eigenvalue weighted by Crippen LogP contribution is 2.40. The quantitative estimate of drug-likeness (QED) is 0.183. The number of methoxy groups -OCH3 is 1. The molecule has 0 aliphatic carbocycles. The van der Waals surface area contributed by atoms with Gasteiger partial charge in [-0.1, -0.05) is 30.3 Å². The maximum atomic E-state index is 13.6. The summed E-state index contributed by atoms with van der Waals surface area (Å²) in [5.41, 5.74) is 5.65. The first-order valence-corrected chi connectivity index (χ1v) is 15.6. The van der Waals surface area contributed by atoms with Gasteiger partial charge in [0.05, 0.1) is 37.4 Å². The van der Waals surface area contributed by atoms with E-state index in [0.717, 1.165) is 22.4 Å². The molecule has 4 aromatic rings. The Morgan fingerprint density at radius 3 is 2.56 bits per heavy atom. The van der Waals surface area contributed by atoms with Crippen molar-refractivity contribution in [1.29, 1.82) is 0 Å². The van der Waals surface area contributed by atoms with Crippen molar-refractivity contribution in [2.24, 2.45) is 12.0 Å². The lowest BCUT2D eigenvalue weighted by atomic mass is 10.1. The number of ether oxygens (including phenoxy) is 2. The Morgan fingerprint density at radius 1 is 1.00 bits per heavy atom. The smallest absolute Gasteiger partial charge is 0.305 e. The van der Waals surface area contributed by atoms with Gasteiger partial charge in [0, 0.05) is 61.9 Å². The number of anilines is 2. The molecule has 1 unspecified atom stereocenters.